The summed E-state index contributed by atoms with van der Waals surface area (Å²) >= 11 is 13.2. The first-order valence-electron chi connectivity index (χ1n) is 14.9. The van der Waals surface area contributed by atoms with Crippen molar-refractivity contribution in [2.24, 2.45) is 0 Å². The predicted molar refractivity (Wildman–Crippen MR) is 170 cm³/mol. The molecule has 1 aliphatic carbocycles. The molecule has 0 bridgehead atoms. The zero-order chi connectivity index (χ0) is 31.3. The molecule has 3 aromatic carbocycles. The minimum atomic E-state index is -0.473. The second-order valence-corrected chi connectivity index (χ2v) is 14.8. The van der Waals surface area contributed by atoms with Gasteiger partial charge in [-0.1, -0.05) is 0 Å². The van der Waals surface area contributed by atoms with Crippen LogP contribution in [-0.4, -0.2) is 39.1 Å². The van der Waals surface area contributed by atoms with Crippen LogP contribution in [0.4, 0.5) is 0 Å². The molecule has 2 aliphatic rings. The molecule has 0 unspecified atom stereocenters. The van der Waals surface area contributed by atoms with Gasteiger partial charge in [-0.3, -0.25) is 4.98 Å². The van der Waals surface area contributed by atoms with Crippen LogP contribution in [0.2, 0.25) is 10.0 Å². The topological polar surface area (TPSA) is 87.8 Å². The molecule has 4 aromatic rings. The molecule has 7 nitrogen and oxygen atoms in total. The van der Waals surface area contributed by atoms with Crippen LogP contribution in [0.1, 0.15) is 53.2 Å². The number of aromatic nitrogens is 1. The van der Waals surface area contributed by atoms with Crippen molar-refractivity contribution in [3.63, 3.8) is 0 Å². The number of benzene rings is 3. The number of nitrogens with zero attached hydrogens (tertiary/aromatic N) is 3. The molecule has 0 saturated carbocycles. The number of aliphatic hydroxyl groups excluding tert-OH is 1. The summed E-state index contributed by atoms with van der Waals surface area (Å²) in [5, 5.41) is 20.2. The zero-order valence-corrected chi connectivity index (χ0v) is 28.5. The van der Waals surface area contributed by atoms with E-state index < -0.39 is 21.6 Å². The molecule has 234 valence electrons. The number of halogens is 3. The van der Waals surface area contributed by atoms with Crippen LogP contribution in [0.15, 0.2) is 67.0 Å². The molecule has 2 heterocycles. The maximum atomic E-state index is 9.96. The third-order valence-corrected chi connectivity index (χ3v) is 11.3. The maximum absolute atomic E-state index is 9.96. The van der Waals surface area contributed by atoms with Gasteiger partial charge in [-0.2, -0.15) is 5.26 Å². The summed E-state index contributed by atoms with van der Waals surface area (Å²) in [5.74, 6) is 1.69. The summed E-state index contributed by atoms with van der Waals surface area (Å²) in [7, 11) is 2.18. The van der Waals surface area contributed by atoms with Crippen molar-refractivity contribution in [2.75, 3.05) is 20.1 Å². The molecule has 6 rings (SSSR count). The number of likely N-dealkylation sites (tertiary alicyclic amines) is 1. The van der Waals surface area contributed by atoms with Crippen LogP contribution < -0.4 is 34.2 Å². The molecule has 0 radical (unpaired) electrons. The second-order valence-electron chi connectivity index (χ2n) is 11.3. The average molecular weight is 757 g/mol. The van der Waals surface area contributed by atoms with Gasteiger partial charge in [0.25, 0.3) is 0 Å². The Balaban J connectivity index is 1.20. The first kappa shape index (κ1) is 31.9. The van der Waals surface area contributed by atoms with Gasteiger partial charge in [0.05, 0.1) is 12.2 Å². The SMILES string of the molecule is CN1CCC[C@@H]([I-]Oc2cccc(-c3cccc4c3CC[C@H]4Oc3cc(OCc4cncc(C#N)c4)c(CO)cc3Cl)c2Cl)C1. The summed E-state index contributed by atoms with van der Waals surface area (Å²) in [4.78, 5) is 6.48. The number of fused-ring (bicyclic) bond motifs is 1. The molecular formula is C35H33Cl2IN3O4-. The Morgan fingerprint density at radius 2 is 1.89 bits per heavy atom. The average Bonchev–Trinajstić information content (AvgIpc) is 3.47. The van der Waals surface area contributed by atoms with Gasteiger partial charge in [0.1, 0.15) is 12.7 Å². The normalized spacial score (nSPS) is 17.9. The molecule has 0 amide bonds. The van der Waals surface area contributed by atoms with E-state index in [4.69, 9.17) is 35.7 Å². The van der Waals surface area contributed by atoms with Gasteiger partial charge in [0.2, 0.25) is 0 Å². The van der Waals surface area contributed by atoms with Crippen molar-refractivity contribution in [1.29, 1.82) is 5.26 Å². The molecule has 10 heteroatoms. The molecule has 1 N–H and O–H groups in total. The minimum absolute atomic E-state index is 0.176. The van der Waals surface area contributed by atoms with Gasteiger partial charge >= 0.3 is 211 Å². The van der Waals surface area contributed by atoms with Crippen LogP contribution in [-0.2, 0) is 19.6 Å². The van der Waals surface area contributed by atoms with E-state index in [-0.39, 0.29) is 19.3 Å². The van der Waals surface area contributed by atoms with Crippen LogP contribution in [0.3, 0.4) is 0 Å². The summed E-state index contributed by atoms with van der Waals surface area (Å²) in [6, 6.07) is 19.5. The monoisotopic (exact) mass is 756 g/mol. The van der Waals surface area contributed by atoms with Crippen LogP contribution in [0, 0.1) is 11.3 Å². The van der Waals surface area contributed by atoms with E-state index in [1.807, 2.05) is 18.2 Å². The Morgan fingerprint density at radius 3 is 2.71 bits per heavy atom. The second kappa shape index (κ2) is 14.6. The summed E-state index contributed by atoms with van der Waals surface area (Å²) < 4.78 is 19.5. The molecule has 2 atom stereocenters. The van der Waals surface area contributed by atoms with Crippen molar-refractivity contribution in [2.45, 2.75) is 48.9 Å². The molecule has 1 aliphatic heterocycles. The van der Waals surface area contributed by atoms with Crippen LogP contribution >= 0.6 is 23.2 Å². The van der Waals surface area contributed by atoms with E-state index in [0.717, 1.165) is 53.9 Å². The number of hydrogen-bond acceptors (Lipinski definition) is 7. The number of pyridine rings is 1. The van der Waals surface area contributed by atoms with Gasteiger partial charge in [-0.25, -0.2) is 0 Å². The third kappa shape index (κ3) is 7.34. The van der Waals surface area contributed by atoms with Crippen molar-refractivity contribution >= 4 is 23.2 Å². The number of rotatable bonds is 10. The van der Waals surface area contributed by atoms with Crippen molar-refractivity contribution in [3.8, 4) is 34.4 Å². The Kier molecular flexibility index (Phi) is 10.3. The number of aliphatic hydroxyl groups is 1. The van der Waals surface area contributed by atoms with Crippen molar-refractivity contribution in [3.05, 3.63) is 105 Å². The number of nitriles is 1. The van der Waals surface area contributed by atoms with E-state index >= 15 is 0 Å². The van der Waals surface area contributed by atoms with Gasteiger partial charge in [-0.05, 0) is 6.07 Å². The fraction of sp³-hybridized carbons (Fsp3) is 0.314. The van der Waals surface area contributed by atoms with Gasteiger partial charge < -0.3 is 9.84 Å². The summed E-state index contributed by atoms with van der Waals surface area (Å²) in [5.41, 5.74) is 6.08. The molecule has 1 saturated heterocycles. The van der Waals surface area contributed by atoms with Crippen LogP contribution in [0.25, 0.3) is 11.1 Å². The summed E-state index contributed by atoms with van der Waals surface area (Å²) in [6.07, 6.45) is 6.98. The van der Waals surface area contributed by atoms with Crippen molar-refractivity contribution < 1.29 is 39.3 Å². The van der Waals surface area contributed by atoms with E-state index in [2.05, 4.69) is 41.2 Å². The molecule has 1 aromatic heterocycles. The number of hydrogen-bond donors (Lipinski definition) is 1. The van der Waals surface area contributed by atoms with E-state index in [0.29, 0.717) is 36.6 Å². The van der Waals surface area contributed by atoms with Gasteiger partial charge in [0, 0.05) is 23.5 Å². The van der Waals surface area contributed by atoms with Gasteiger partial charge in [0.15, 0.2) is 0 Å². The summed E-state index contributed by atoms with van der Waals surface area (Å²) in [6.45, 7) is 2.18. The Labute approximate surface area is 284 Å². The first-order valence-corrected chi connectivity index (χ1v) is 17.8. The molecule has 0 spiro atoms. The fourth-order valence-electron chi connectivity index (χ4n) is 5.92. The molecule has 1 fully saturated rings. The standard InChI is InChI=1S/C35H33Cl2IN3O4/c1-41-12-4-5-25(19-41)38-45-32-9-3-8-29(35(32)37)26-6-2-7-28-27(26)10-11-31(28)44-34-15-33(24(20-42)14-30(34)36)43-21-23-13-22(16-39)17-40-18-23/h2-3,6-9,13-15,17-18,25,31,42H,4-5,10-12,19-21H2,1H3/q-1/t25-,31-/m1/s1. The molecular weight excluding hydrogens is 724 g/mol. The van der Waals surface area contributed by atoms with E-state index in [9.17, 15) is 10.4 Å². The Hall–Kier alpha value is -3.07. The van der Waals surface area contributed by atoms with Crippen LogP contribution in [0.5, 0.6) is 17.2 Å². The van der Waals surface area contributed by atoms with Gasteiger partial charge in [-0.15, -0.1) is 0 Å². The number of piperidine rings is 1. The predicted octanol–water partition coefficient (Wildman–Crippen LogP) is 4.54. The zero-order valence-electron chi connectivity index (χ0n) is 24.8. The Morgan fingerprint density at radius 1 is 1.04 bits per heavy atom. The first-order chi connectivity index (χ1) is 21.9. The molecule has 45 heavy (non-hydrogen) atoms. The number of alkyl halides is 1. The third-order valence-electron chi connectivity index (χ3n) is 8.16. The van der Waals surface area contributed by atoms with Crippen molar-refractivity contribution in [1.82, 2.24) is 9.88 Å². The number of ether oxygens (including phenoxy) is 2. The quantitative estimate of drug-likeness (QED) is 0.188. The fourth-order valence-corrected chi connectivity index (χ4v) is 9.08. The van der Waals surface area contributed by atoms with E-state index in [1.54, 1.807) is 24.4 Å². The Bertz CT molecular complexity index is 1730. The van der Waals surface area contributed by atoms with E-state index in [1.165, 1.54) is 24.6 Å².